The van der Waals surface area contributed by atoms with E-state index >= 15 is 0 Å². The van der Waals surface area contributed by atoms with E-state index < -0.39 is 5.97 Å². The van der Waals surface area contributed by atoms with Crippen LogP contribution in [0.15, 0.2) is 48.5 Å². The first-order chi connectivity index (χ1) is 15.3. The summed E-state index contributed by atoms with van der Waals surface area (Å²) in [4.78, 5) is 29.2. The summed E-state index contributed by atoms with van der Waals surface area (Å²) in [5, 5.41) is 10.4. The molecule has 32 heavy (non-hydrogen) atoms. The van der Waals surface area contributed by atoms with E-state index in [1.807, 2.05) is 53.6 Å². The van der Waals surface area contributed by atoms with Gasteiger partial charge in [-0.15, -0.1) is 0 Å². The first-order valence-corrected chi connectivity index (χ1v) is 11.0. The van der Waals surface area contributed by atoms with Gasteiger partial charge in [0, 0.05) is 53.8 Å². The lowest BCUT2D eigenvalue weighted by Gasteiger charge is -2.37. The maximum atomic E-state index is 13.3. The molecule has 4 rings (SSSR count). The molecule has 166 valence electrons. The summed E-state index contributed by atoms with van der Waals surface area (Å²) >= 11 is 6.17. The van der Waals surface area contributed by atoms with Crippen LogP contribution in [-0.4, -0.2) is 52.6 Å². The van der Waals surface area contributed by atoms with Crippen molar-refractivity contribution in [2.24, 2.45) is 0 Å². The first-order valence-electron chi connectivity index (χ1n) is 10.6. The number of aromatic nitrogens is 1. The summed E-state index contributed by atoms with van der Waals surface area (Å²) in [6.45, 7) is 8.49. The molecule has 1 amide bonds. The molecule has 0 unspecified atom stereocenters. The van der Waals surface area contributed by atoms with Crippen LogP contribution in [0.3, 0.4) is 0 Å². The van der Waals surface area contributed by atoms with Crippen molar-refractivity contribution in [1.82, 2.24) is 9.47 Å². The number of hydrogen-bond donors (Lipinski definition) is 1. The van der Waals surface area contributed by atoms with Gasteiger partial charge >= 0.3 is 5.97 Å². The molecule has 2 heterocycles. The molecule has 6 nitrogen and oxygen atoms in total. The van der Waals surface area contributed by atoms with Gasteiger partial charge in [-0.3, -0.25) is 4.79 Å². The van der Waals surface area contributed by atoms with E-state index in [0.29, 0.717) is 42.5 Å². The molecular formula is C25H26ClN3O3. The van der Waals surface area contributed by atoms with Crippen LogP contribution in [0.5, 0.6) is 0 Å². The Kier molecular flexibility index (Phi) is 5.98. The van der Waals surface area contributed by atoms with E-state index in [4.69, 9.17) is 11.6 Å². The molecule has 3 aromatic rings. The average molecular weight is 452 g/mol. The minimum absolute atomic E-state index is 0.0897. The number of carbonyl (C=O) groups is 2. The molecule has 0 radical (unpaired) electrons. The van der Waals surface area contributed by atoms with Gasteiger partial charge in [-0.2, -0.15) is 0 Å². The molecule has 1 aliphatic heterocycles. The highest BCUT2D eigenvalue weighted by Crippen LogP contribution is 2.27. The van der Waals surface area contributed by atoms with Gasteiger partial charge in [0.25, 0.3) is 5.91 Å². The molecule has 1 aromatic heterocycles. The number of amides is 1. The Morgan fingerprint density at radius 2 is 1.50 bits per heavy atom. The molecular weight excluding hydrogens is 426 g/mol. The molecule has 1 saturated heterocycles. The summed E-state index contributed by atoms with van der Waals surface area (Å²) in [5.74, 6) is -1.11. The number of carbonyl (C=O) groups excluding carboxylic acids is 1. The number of piperazine rings is 1. The number of anilines is 1. The lowest BCUT2D eigenvalue weighted by Crippen LogP contribution is -2.49. The van der Waals surface area contributed by atoms with Crippen LogP contribution in [0.1, 0.15) is 37.7 Å². The van der Waals surface area contributed by atoms with Crippen LogP contribution in [0, 0.1) is 20.8 Å². The predicted octanol–water partition coefficient (Wildman–Crippen LogP) is 4.72. The normalized spacial score (nSPS) is 14.0. The van der Waals surface area contributed by atoms with Crippen molar-refractivity contribution in [2.75, 3.05) is 31.1 Å². The van der Waals surface area contributed by atoms with E-state index in [2.05, 4.69) is 11.8 Å². The van der Waals surface area contributed by atoms with Crippen molar-refractivity contribution < 1.29 is 14.7 Å². The zero-order chi connectivity index (χ0) is 23.0. The molecule has 0 bridgehead atoms. The SMILES string of the molecule is Cc1ccc(Cl)cc1N1CCN(C(=O)c2ccc(C(=O)O)c(-n3c(C)ccc3C)c2)CC1. The maximum absolute atomic E-state index is 13.3. The minimum atomic E-state index is -1.02. The summed E-state index contributed by atoms with van der Waals surface area (Å²) in [7, 11) is 0. The number of carboxylic acids is 1. The van der Waals surface area contributed by atoms with E-state index in [1.165, 1.54) is 6.07 Å². The number of aryl methyl sites for hydroxylation is 3. The van der Waals surface area contributed by atoms with Gasteiger partial charge in [-0.25, -0.2) is 4.79 Å². The summed E-state index contributed by atoms with van der Waals surface area (Å²) in [6, 6.07) is 14.6. The van der Waals surface area contributed by atoms with Crippen LogP contribution in [0.4, 0.5) is 5.69 Å². The Morgan fingerprint density at radius 1 is 0.844 bits per heavy atom. The lowest BCUT2D eigenvalue weighted by atomic mass is 10.1. The lowest BCUT2D eigenvalue weighted by molar-refractivity contribution is 0.0693. The second-order valence-electron chi connectivity index (χ2n) is 8.20. The fourth-order valence-electron chi connectivity index (χ4n) is 4.34. The third kappa shape index (κ3) is 4.10. The number of benzene rings is 2. The van der Waals surface area contributed by atoms with Crippen molar-refractivity contribution in [3.63, 3.8) is 0 Å². The van der Waals surface area contributed by atoms with Crippen LogP contribution >= 0.6 is 11.6 Å². The second kappa shape index (κ2) is 8.71. The van der Waals surface area contributed by atoms with E-state index in [-0.39, 0.29) is 11.5 Å². The fraction of sp³-hybridized carbons (Fsp3) is 0.280. The third-order valence-electron chi connectivity index (χ3n) is 6.07. The van der Waals surface area contributed by atoms with Gasteiger partial charge in [0.1, 0.15) is 0 Å². The van der Waals surface area contributed by atoms with E-state index in [0.717, 1.165) is 22.6 Å². The number of hydrogen-bond acceptors (Lipinski definition) is 3. The minimum Gasteiger partial charge on any atom is -0.478 e. The Labute approximate surface area is 192 Å². The Hall–Kier alpha value is -3.25. The van der Waals surface area contributed by atoms with Gasteiger partial charge in [-0.05, 0) is 68.8 Å². The first kappa shape index (κ1) is 22.0. The molecule has 0 atom stereocenters. The van der Waals surface area contributed by atoms with Gasteiger partial charge < -0.3 is 19.5 Å². The van der Waals surface area contributed by atoms with Crippen molar-refractivity contribution in [1.29, 1.82) is 0 Å². The van der Waals surface area contributed by atoms with Crippen LogP contribution < -0.4 is 4.90 Å². The fourth-order valence-corrected chi connectivity index (χ4v) is 4.50. The van der Waals surface area contributed by atoms with Crippen LogP contribution in [0.25, 0.3) is 5.69 Å². The third-order valence-corrected chi connectivity index (χ3v) is 6.30. The van der Waals surface area contributed by atoms with Crippen molar-refractivity contribution >= 4 is 29.2 Å². The Balaban J connectivity index is 1.57. The number of aromatic carboxylic acids is 1. The zero-order valence-corrected chi connectivity index (χ0v) is 19.2. The molecule has 0 spiro atoms. The quantitative estimate of drug-likeness (QED) is 0.623. The number of carboxylic acid groups (broad SMARTS) is 1. The molecule has 7 heteroatoms. The molecule has 0 saturated carbocycles. The van der Waals surface area contributed by atoms with Crippen molar-refractivity contribution in [3.8, 4) is 5.69 Å². The summed E-state index contributed by atoms with van der Waals surface area (Å²) in [6.07, 6.45) is 0. The zero-order valence-electron chi connectivity index (χ0n) is 18.4. The average Bonchev–Trinajstić information content (AvgIpc) is 3.12. The molecule has 0 aliphatic carbocycles. The smallest absolute Gasteiger partial charge is 0.337 e. The van der Waals surface area contributed by atoms with Crippen LogP contribution in [0.2, 0.25) is 5.02 Å². The Bertz CT molecular complexity index is 1170. The predicted molar refractivity (Wildman–Crippen MR) is 127 cm³/mol. The summed E-state index contributed by atoms with van der Waals surface area (Å²) < 4.78 is 1.88. The molecule has 1 fully saturated rings. The van der Waals surface area contributed by atoms with Crippen LogP contribution in [-0.2, 0) is 0 Å². The van der Waals surface area contributed by atoms with Crippen molar-refractivity contribution in [2.45, 2.75) is 20.8 Å². The number of nitrogens with zero attached hydrogens (tertiary/aromatic N) is 3. The second-order valence-corrected chi connectivity index (χ2v) is 8.64. The van der Waals surface area contributed by atoms with Gasteiger partial charge in [0.05, 0.1) is 11.3 Å². The van der Waals surface area contributed by atoms with Gasteiger partial charge in [0.2, 0.25) is 0 Å². The number of halogens is 1. The van der Waals surface area contributed by atoms with E-state index in [9.17, 15) is 14.7 Å². The largest absolute Gasteiger partial charge is 0.478 e. The van der Waals surface area contributed by atoms with Gasteiger partial charge in [-0.1, -0.05) is 17.7 Å². The molecule has 1 N–H and O–H groups in total. The highest BCUT2D eigenvalue weighted by Gasteiger charge is 2.25. The molecule has 2 aromatic carbocycles. The maximum Gasteiger partial charge on any atom is 0.337 e. The Morgan fingerprint density at radius 3 is 2.12 bits per heavy atom. The summed E-state index contributed by atoms with van der Waals surface area (Å²) in [5.41, 5.74) is 5.25. The van der Waals surface area contributed by atoms with E-state index in [1.54, 1.807) is 12.1 Å². The number of rotatable bonds is 4. The monoisotopic (exact) mass is 451 g/mol. The standard InChI is InChI=1S/C25H26ClN3O3/c1-16-4-8-20(26)15-22(16)27-10-12-28(13-11-27)24(30)19-7-9-21(25(31)32)23(14-19)29-17(2)5-6-18(29)3/h4-9,14-15H,10-13H2,1-3H3,(H,31,32). The van der Waals surface area contributed by atoms with Crippen molar-refractivity contribution in [3.05, 3.63) is 81.6 Å². The topological polar surface area (TPSA) is 65.8 Å². The highest BCUT2D eigenvalue weighted by molar-refractivity contribution is 6.30. The van der Waals surface area contributed by atoms with Gasteiger partial charge in [0.15, 0.2) is 0 Å². The highest BCUT2D eigenvalue weighted by atomic mass is 35.5. The molecule has 1 aliphatic rings.